The number of fused-ring (bicyclic) bond motifs is 1. The lowest BCUT2D eigenvalue weighted by molar-refractivity contribution is 1.34. The molecule has 0 unspecified atom stereocenters. The number of para-hydroxylation sites is 2. The van der Waals surface area contributed by atoms with Crippen molar-refractivity contribution in [2.75, 3.05) is 0 Å². The molecule has 1 heterocycles. The molecule has 0 saturated carbocycles. The third-order valence-corrected chi connectivity index (χ3v) is 1.99. The number of aromatic nitrogens is 2. The first-order chi connectivity index (χ1) is 7.47. The van der Waals surface area contributed by atoms with Gasteiger partial charge in [0.2, 0.25) is 0 Å². The van der Waals surface area contributed by atoms with Gasteiger partial charge in [0.25, 0.3) is 0 Å². The molecule has 3 rings (SSSR count). The molecule has 2 heteroatoms. The molecule has 3 aromatic rings. The number of H-pyrrole nitrogens is 1. The van der Waals surface area contributed by atoms with Gasteiger partial charge in [0, 0.05) is 0 Å². The number of aromatic amines is 1. The molecule has 1 N–H and O–H groups in total. The molecule has 15 heavy (non-hydrogen) atoms. The van der Waals surface area contributed by atoms with Crippen LogP contribution in [-0.4, -0.2) is 9.97 Å². The second-order valence-corrected chi connectivity index (χ2v) is 3.07. The quantitative estimate of drug-likeness (QED) is 0.587. The standard InChI is InChI=1S/C7H6N2.C6H6/c1-2-4-7-6(3-1)8-5-9-7;1-2-4-6-5-3-1/h1-5H,(H,8,9);1-6H. The van der Waals surface area contributed by atoms with Crippen molar-refractivity contribution in [1.29, 1.82) is 0 Å². The van der Waals surface area contributed by atoms with Gasteiger partial charge in [0.15, 0.2) is 0 Å². The van der Waals surface area contributed by atoms with Crippen LogP contribution in [0.4, 0.5) is 0 Å². The van der Waals surface area contributed by atoms with Crippen molar-refractivity contribution in [1.82, 2.24) is 9.97 Å². The van der Waals surface area contributed by atoms with Crippen LogP contribution < -0.4 is 0 Å². The third-order valence-electron chi connectivity index (χ3n) is 1.99. The summed E-state index contributed by atoms with van der Waals surface area (Å²) in [5.41, 5.74) is 2.12. The highest BCUT2D eigenvalue weighted by molar-refractivity contribution is 5.73. The zero-order valence-electron chi connectivity index (χ0n) is 8.30. The summed E-state index contributed by atoms with van der Waals surface area (Å²) in [5, 5.41) is 0. The number of nitrogens with one attached hydrogen (secondary N) is 1. The van der Waals surface area contributed by atoms with Gasteiger partial charge in [0.05, 0.1) is 17.4 Å². The highest BCUT2D eigenvalue weighted by Crippen LogP contribution is 2.05. The van der Waals surface area contributed by atoms with Crippen LogP contribution in [0.15, 0.2) is 67.0 Å². The summed E-state index contributed by atoms with van der Waals surface area (Å²) in [4.78, 5) is 7.07. The van der Waals surface area contributed by atoms with E-state index in [0.717, 1.165) is 11.0 Å². The molecule has 1 aromatic heterocycles. The van der Waals surface area contributed by atoms with Gasteiger partial charge >= 0.3 is 0 Å². The molecule has 0 amide bonds. The fourth-order valence-electron chi connectivity index (χ4n) is 1.26. The number of nitrogens with zero attached hydrogens (tertiary/aromatic N) is 1. The predicted molar refractivity (Wildman–Crippen MR) is 62.5 cm³/mol. The number of hydrogen-bond acceptors (Lipinski definition) is 1. The summed E-state index contributed by atoms with van der Waals surface area (Å²) >= 11 is 0. The minimum absolute atomic E-state index is 1.03. The van der Waals surface area contributed by atoms with Gasteiger partial charge in [-0.3, -0.25) is 0 Å². The Morgan fingerprint density at radius 1 is 0.733 bits per heavy atom. The maximum atomic E-state index is 4.06. The number of benzene rings is 2. The molecule has 0 fully saturated rings. The monoisotopic (exact) mass is 196 g/mol. The van der Waals surface area contributed by atoms with Crippen LogP contribution in [0.2, 0.25) is 0 Å². The summed E-state index contributed by atoms with van der Waals surface area (Å²) in [6.45, 7) is 0. The van der Waals surface area contributed by atoms with Gasteiger partial charge in [-0.25, -0.2) is 4.98 Å². The Morgan fingerprint density at radius 2 is 1.33 bits per heavy atom. The van der Waals surface area contributed by atoms with Gasteiger partial charge in [-0.1, -0.05) is 48.5 Å². The van der Waals surface area contributed by atoms with E-state index in [4.69, 9.17) is 0 Å². The normalized spacial score (nSPS) is 9.33. The maximum absolute atomic E-state index is 4.06. The predicted octanol–water partition coefficient (Wildman–Crippen LogP) is 3.25. The van der Waals surface area contributed by atoms with Crippen LogP contribution in [-0.2, 0) is 0 Å². The zero-order chi connectivity index (χ0) is 10.3. The summed E-state index contributed by atoms with van der Waals surface area (Å²) in [7, 11) is 0. The van der Waals surface area contributed by atoms with Crippen LogP contribution in [0.25, 0.3) is 11.0 Å². The van der Waals surface area contributed by atoms with Crippen molar-refractivity contribution < 1.29 is 0 Å². The summed E-state index contributed by atoms with van der Waals surface area (Å²) < 4.78 is 0. The van der Waals surface area contributed by atoms with Crippen LogP contribution in [0.3, 0.4) is 0 Å². The van der Waals surface area contributed by atoms with E-state index in [1.54, 1.807) is 6.33 Å². The van der Waals surface area contributed by atoms with E-state index in [1.807, 2.05) is 60.7 Å². The van der Waals surface area contributed by atoms with E-state index in [2.05, 4.69) is 9.97 Å². The van der Waals surface area contributed by atoms with Crippen LogP contribution in [0.5, 0.6) is 0 Å². The van der Waals surface area contributed by atoms with Gasteiger partial charge < -0.3 is 4.98 Å². The summed E-state index contributed by atoms with van der Waals surface area (Å²) in [6.07, 6.45) is 1.70. The first-order valence-electron chi connectivity index (χ1n) is 4.85. The Hall–Kier alpha value is -2.09. The fourth-order valence-corrected chi connectivity index (χ4v) is 1.26. The highest BCUT2D eigenvalue weighted by Gasteiger charge is 1.88. The third kappa shape index (κ3) is 2.68. The fraction of sp³-hybridized carbons (Fsp3) is 0. The van der Waals surface area contributed by atoms with Crippen molar-refractivity contribution in [2.24, 2.45) is 0 Å². The lowest BCUT2D eigenvalue weighted by atomic mass is 10.3. The number of hydrogen-bond donors (Lipinski definition) is 1. The van der Waals surface area contributed by atoms with Crippen molar-refractivity contribution in [3.8, 4) is 0 Å². The second-order valence-electron chi connectivity index (χ2n) is 3.07. The number of imidazole rings is 1. The van der Waals surface area contributed by atoms with Gasteiger partial charge in [-0.05, 0) is 12.1 Å². The van der Waals surface area contributed by atoms with E-state index in [9.17, 15) is 0 Å². The molecule has 2 nitrogen and oxygen atoms in total. The van der Waals surface area contributed by atoms with E-state index in [1.165, 1.54) is 0 Å². The molecule has 0 saturated heterocycles. The second kappa shape index (κ2) is 4.96. The maximum Gasteiger partial charge on any atom is 0.0931 e. The lowest BCUT2D eigenvalue weighted by Crippen LogP contribution is -1.63. The average molecular weight is 196 g/mol. The molecule has 0 atom stereocenters. The Kier molecular flexibility index (Phi) is 3.13. The Bertz CT molecular complexity index is 443. The molecule has 0 bridgehead atoms. The smallest absolute Gasteiger partial charge is 0.0931 e. The summed E-state index contributed by atoms with van der Waals surface area (Å²) in [6, 6.07) is 19.9. The van der Waals surface area contributed by atoms with Crippen molar-refractivity contribution in [3.05, 3.63) is 67.0 Å². The van der Waals surface area contributed by atoms with Gasteiger partial charge in [-0.2, -0.15) is 0 Å². The van der Waals surface area contributed by atoms with Gasteiger partial charge in [-0.15, -0.1) is 0 Å². The Morgan fingerprint density at radius 3 is 1.93 bits per heavy atom. The molecule has 0 aliphatic carbocycles. The van der Waals surface area contributed by atoms with Crippen LogP contribution >= 0.6 is 0 Å². The average Bonchev–Trinajstić information content (AvgIpc) is 2.80. The van der Waals surface area contributed by atoms with Crippen molar-refractivity contribution in [3.63, 3.8) is 0 Å². The highest BCUT2D eigenvalue weighted by atomic mass is 14.9. The van der Waals surface area contributed by atoms with Crippen molar-refractivity contribution in [2.45, 2.75) is 0 Å². The van der Waals surface area contributed by atoms with E-state index >= 15 is 0 Å². The van der Waals surface area contributed by atoms with Gasteiger partial charge in [0.1, 0.15) is 0 Å². The van der Waals surface area contributed by atoms with Crippen molar-refractivity contribution >= 4 is 11.0 Å². The van der Waals surface area contributed by atoms with Crippen LogP contribution in [0, 0.1) is 0 Å². The zero-order valence-corrected chi connectivity index (χ0v) is 8.30. The van der Waals surface area contributed by atoms with E-state index < -0.39 is 0 Å². The first kappa shape index (κ1) is 9.46. The molecule has 0 radical (unpaired) electrons. The minimum Gasteiger partial charge on any atom is -0.345 e. The molecule has 0 spiro atoms. The molecule has 74 valence electrons. The number of rotatable bonds is 0. The Labute approximate surface area is 88.6 Å². The molecule has 0 aliphatic rings. The van der Waals surface area contributed by atoms with Crippen LogP contribution in [0.1, 0.15) is 0 Å². The molecular formula is C13H12N2. The lowest BCUT2D eigenvalue weighted by Gasteiger charge is -1.81. The molecular weight excluding hydrogens is 184 g/mol. The topological polar surface area (TPSA) is 28.7 Å². The minimum atomic E-state index is 1.03. The molecule has 2 aromatic carbocycles. The Balaban J connectivity index is 0.000000124. The van der Waals surface area contributed by atoms with E-state index in [0.29, 0.717) is 0 Å². The first-order valence-corrected chi connectivity index (χ1v) is 4.85. The van der Waals surface area contributed by atoms with E-state index in [-0.39, 0.29) is 0 Å². The summed E-state index contributed by atoms with van der Waals surface area (Å²) in [5.74, 6) is 0. The SMILES string of the molecule is c1ccc2[nH]cnc2c1.c1ccccc1. The largest absolute Gasteiger partial charge is 0.345 e. The molecule has 0 aliphatic heterocycles.